The molecule has 1 aliphatic carbocycles. The van der Waals surface area contributed by atoms with E-state index in [2.05, 4.69) is 42.2 Å². The monoisotopic (exact) mass is 520 g/mol. The van der Waals surface area contributed by atoms with Crippen LogP contribution in [0, 0.1) is 18.3 Å². The summed E-state index contributed by atoms with van der Waals surface area (Å²) in [6, 6.07) is 21.9. The van der Waals surface area contributed by atoms with Crippen LogP contribution in [0.5, 0.6) is 11.5 Å². The van der Waals surface area contributed by atoms with E-state index < -0.39 is 5.97 Å². The molecule has 0 fully saturated rings. The molecule has 5 rings (SSSR count). The van der Waals surface area contributed by atoms with Gasteiger partial charge in [-0.15, -0.1) is 0 Å². The SMILES string of the molecule is CC.Cc1c(COc2cc(OCc3cncc(C#N)c3)c(C(=O)O)c3c2CCC3)cccc1-c1ccccc1. The highest BCUT2D eigenvalue weighted by molar-refractivity contribution is 5.94. The average molecular weight is 521 g/mol. The van der Waals surface area contributed by atoms with E-state index >= 15 is 0 Å². The summed E-state index contributed by atoms with van der Waals surface area (Å²) >= 11 is 0. The molecule has 1 N–H and O–H groups in total. The van der Waals surface area contributed by atoms with E-state index in [0.717, 1.165) is 46.2 Å². The number of pyridine rings is 1. The first-order chi connectivity index (χ1) is 19.0. The number of hydrogen-bond acceptors (Lipinski definition) is 5. The average Bonchev–Trinajstić information content (AvgIpc) is 3.46. The minimum Gasteiger partial charge on any atom is -0.488 e. The number of aromatic carboxylic acids is 1. The molecule has 3 aromatic carbocycles. The van der Waals surface area contributed by atoms with E-state index in [-0.39, 0.29) is 17.9 Å². The van der Waals surface area contributed by atoms with Crippen molar-refractivity contribution in [2.45, 2.75) is 53.2 Å². The quantitative estimate of drug-likeness (QED) is 0.262. The van der Waals surface area contributed by atoms with Crippen LogP contribution in [0.2, 0.25) is 0 Å². The first-order valence-electron chi connectivity index (χ1n) is 13.2. The van der Waals surface area contributed by atoms with E-state index in [4.69, 9.17) is 14.7 Å². The summed E-state index contributed by atoms with van der Waals surface area (Å²) in [5, 5.41) is 19.1. The van der Waals surface area contributed by atoms with Crippen molar-refractivity contribution in [2.75, 3.05) is 0 Å². The van der Waals surface area contributed by atoms with Crippen LogP contribution < -0.4 is 9.47 Å². The van der Waals surface area contributed by atoms with E-state index in [0.29, 0.717) is 29.9 Å². The Balaban J connectivity index is 0.00000172. The van der Waals surface area contributed by atoms with Gasteiger partial charge >= 0.3 is 5.97 Å². The van der Waals surface area contributed by atoms with Crippen molar-refractivity contribution in [3.63, 3.8) is 0 Å². The van der Waals surface area contributed by atoms with Crippen molar-refractivity contribution >= 4 is 5.97 Å². The van der Waals surface area contributed by atoms with Crippen LogP contribution in [0.15, 0.2) is 73.1 Å². The third-order valence-electron chi connectivity index (χ3n) is 6.77. The molecule has 0 saturated carbocycles. The van der Waals surface area contributed by atoms with Crippen molar-refractivity contribution < 1.29 is 19.4 Å². The summed E-state index contributed by atoms with van der Waals surface area (Å²) < 4.78 is 12.3. The molecule has 0 aliphatic heterocycles. The number of carbonyl (C=O) groups is 1. The predicted molar refractivity (Wildman–Crippen MR) is 151 cm³/mol. The molecule has 1 aromatic heterocycles. The Morgan fingerprint density at radius 2 is 1.69 bits per heavy atom. The summed E-state index contributed by atoms with van der Waals surface area (Å²) in [7, 11) is 0. The van der Waals surface area contributed by atoms with E-state index in [9.17, 15) is 9.90 Å². The van der Waals surface area contributed by atoms with Gasteiger partial charge in [0.25, 0.3) is 0 Å². The molecule has 0 radical (unpaired) electrons. The summed E-state index contributed by atoms with van der Waals surface area (Å²) in [6.45, 7) is 6.55. The number of aromatic nitrogens is 1. The second-order valence-corrected chi connectivity index (χ2v) is 9.09. The lowest BCUT2D eigenvalue weighted by Crippen LogP contribution is -2.10. The van der Waals surface area contributed by atoms with Crippen LogP contribution in [0.25, 0.3) is 11.1 Å². The minimum atomic E-state index is -1.02. The normalized spacial score (nSPS) is 11.5. The van der Waals surface area contributed by atoms with E-state index in [1.807, 2.05) is 38.1 Å². The molecule has 1 heterocycles. The molecule has 39 heavy (non-hydrogen) atoms. The molecule has 0 atom stereocenters. The van der Waals surface area contributed by atoms with Crippen LogP contribution in [0.4, 0.5) is 0 Å². The highest BCUT2D eigenvalue weighted by Crippen LogP contribution is 2.40. The zero-order valence-corrected chi connectivity index (χ0v) is 22.5. The fraction of sp³-hybridized carbons (Fsp3) is 0.242. The second kappa shape index (κ2) is 12.7. The summed E-state index contributed by atoms with van der Waals surface area (Å²) in [5.41, 5.74) is 7.54. The van der Waals surface area contributed by atoms with Gasteiger partial charge in [-0.25, -0.2) is 4.79 Å². The third-order valence-corrected chi connectivity index (χ3v) is 6.77. The first-order valence-corrected chi connectivity index (χ1v) is 13.2. The van der Waals surface area contributed by atoms with Crippen molar-refractivity contribution in [3.8, 4) is 28.7 Å². The van der Waals surface area contributed by atoms with Crippen LogP contribution >= 0.6 is 0 Å². The molecule has 198 valence electrons. The fourth-order valence-corrected chi connectivity index (χ4v) is 4.91. The Hall–Kier alpha value is -4.63. The van der Waals surface area contributed by atoms with Crippen molar-refractivity contribution in [1.82, 2.24) is 4.98 Å². The van der Waals surface area contributed by atoms with Gasteiger partial charge in [0.2, 0.25) is 0 Å². The molecule has 0 saturated heterocycles. The number of fused-ring (bicyclic) bond motifs is 1. The Morgan fingerprint density at radius 3 is 2.44 bits per heavy atom. The van der Waals surface area contributed by atoms with Gasteiger partial charge in [-0.2, -0.15) is 5.26 Å². The Bertz CT molecular complexity index is 1510. The molecule has 0 spiro atoms. The molecule has 6 heteroatoms. The van der Waals surface area contributed by atoms with E-state index in [1.165, 1.54) is 6.20 Å². The van der Waals surface area contributed by atoms with Gasteiger partial charge in [0.05, 0.1) is 5.56 Å². The zero-order chi connectivity index (χ0) is 27.8. The number of carboxylic acid groups (broad SMARTS) is 1. The van der Waals surface area contributed by atoms with E-state index in [1.54, 1.807) is 18.3 Å². The Kier molecular flexibility index (Phi) is 8.96. The number of ether oxygens (including phenoxy) is 2. The second-order valence-electron chi connectivity index (χ2n) is 9.09. The maximum atomic E-state index is 12.2. The molecular formula is C33H32N2O4. The maximum Gasteiger partial charge on any atom is 0.339 e. The smallest absolute Gasteiger partial charge is 0.339 e. The Morgan fingerprint density at radius 1 is 0.949 bits per heavy atom. The summed E-state index contributed by atoms with van der Waals surface area (Å²) in [6.07, 6.45) is 5.38. The standard InChI is InChI=1S/C31H26N2O4.C2H6/c1-20-24(9-5-10-25(20)23-7-3-2-4-8-23)19-37-28-14-29(30(31(34)35)27-12-6-11-26(27)28)36-18-22-13-21(15-32)16-33-17-22;1-2/h2-5,7-10,13-14,16-17H,6,11-12,18-19H2,1H3,(H,34,35);1-2H3. The lowest BCUT2D eigenvalue weighted by molar-refractivity contribution is 0.0690. The lowest BCUT2D eigenvalue weighted by atomic mass is 9.97. The van der Waals surface area contributed by atoms with Crippen LogP contribution in [-0.4, -0.2) is 16.1 Å². The molecule has 0 unspecified atom stereocenters. The zero-order valence-electron chi connectivity index (χ0n) is 22.5. The Labute approximate surface area is 229 Å². The molecule has 4 aromatic rings. The number of benzene rings is 3. The maximum absolute atomic E-state index is 12.2. The van der Waals surface area contributed by atoms with Crippen LogP contribution in [0.1, 0.15) is 64.0 Å². The largest absolute Gasteiger partial charge is 0.488 e. The fourth-order valence-electron chi connectivity index (χ4n) is 4.91. The summed E-state index contributed by atoms with van der Waals surface area (Å²) in [5.74, 6) is -0.101. The first kappa shape index (κ1) is 27.4. The van der Waals surface area contributed by atoms with Crippen molar-refractivity contribution in [1.29, 1.82) is 5.26 Å². The highest BCUT2D eigenvalue weighted by Gasteiger charge is 2.27. The predicted octanol–water partition coefficient (Wildman–Crippen LogP) is 7.30. The summed E-state index contributed by atoms with van der Waals surface area (Å²) in [4.78, 5) is 16.3. The van der Waals surface area contributed by atoms with Gasteiger partial charge in [0, 0.05) is 24.0 Å². The van der Waals surface area contributed by atoms with Crippen LogP contribution in [-0.2, 0) is 26.1 Å². The number of hydrogen-bond donors (Lipinski definition) is 1. The van der Waals surface area contributed by atoms with Crippen molar-refractivity contribution in [3.05, 3.63) is 112 Å². The van der Waals surface area contributed by atoms with Gasteiger partial charge < -0.3 is 14.6 Å². The van der Waals surface area contributed by atoms with Gasteiger partial charge in [0.15, 0.2) is 0 Å². The van der Waals surface area contributed by atoms with Gasteiger partial charge in [-0.3, -0.25) is 4.98 Å². The van der Waals surface area contributed by atoms with Crippen molar-refractivity contribution in [2.24, 2.45) is 0 Å². The molecule has 0 bridgehead atoms. The molecular weight excluding hydrogens is 488 g/mol. The molecule has 6 nitrogen and oxygen atoms in total. The van der Waals surface area contributed by atoms with Gasteiger partial charge in [0.1, 0.15) is 36.3 Å². The van der Waals surface area contributed by atoms with Gasteiger partial charge in [-0.05, 0) is 65.6 Å². The van der Waals surface area contributed by atoms with Gasteiger partial charge in [-0.1, -0.05) is 62.4 Å². The molecule has 1 aliphatic rings. The van der Waals surface area contributed by atoms with Crippen LogP contribution in [0.3, 0.4) is 0 Å². The highest BCUT2D eigenvalue weighted by atomic mass is 16.5. The topological polar surface area (TPSA) is 92.4 Å². The third kappa shape index (κ3) is 6.10. The number of nitriles is 1. The number of nitrogens with zero attached hydrogens (tertiary/aromatic N) is 2. The molecule has 0 amide bonds. The number of carboxylic acids is 1. The lowest BCUT2D eigenvalue weighted by Gasteiger charge is -2.18. The minimum absolute atomic E-state index is 0.0965. The number of rotatable bonds is 8.